The number of hydrogen-bond donors (Lipinski definition) is 1. The van der Waals surface area contributed by atoms with Gasteiger partial charge in [-0.3, -0.25) is 4.79 Å². The Morgan fingerprint density at radius 1 is 1.35 bits per heavy atom. The number of carbonyl (C=O) groups excluding carboxylic acids is 1. The summed E-state index contributed by atoms with van der Waals surface area (Å²) < 4.78 is 2.14. The third-order valence-corrected chi connectivity index (χ3v) is 2.61. The lowest BCUT2D eigenvalue weighted by Gasteiger charge is -2.01. The van der Waals surface area contributed by atoms with E-state index in [4.69, 9.17) is 0 Å². The van der Waals surface area contributed by atoms with E-state index in [9.17, 15) is 4.79 Å². The molecule has 0 aliphatic rings. The van der Waals surface area contributed by atoms with Crippen LogP contribution in [0.3, 0.4) is 0 Å². The number of amides is 1. The summed E-state index contributed by atoms with van der Waals surface area (Å²) >= 11 is 0. The molecule has 3 heteroatoms. The third-order valence-electron chi connectivity index (χ3n) is 2.61. The molecule has 1 rings (SSSR count). The Morgan fingerprint density at radius 2 is 2.06 bits per heavy atom. The van der Waals surface area contributed by atoms with Gasteiger partial charge in [0.05, 0.1) is 5.69 Å². The van der Waals surface area contributed by atoms with Crippen molar-refractivity contribution in [1.82, 2.24) is 0 Å². The minimum absolute atomic E-state index is 0.175. The Balaban J connectivity index is 2.39. The fraction of sp³-hybridized carbons (Fsp3) is 0.429. The predicted octanol–water partition coefficient (Wildman–Crippen LogP) is 2.68. The molecule has 0 aliphatic heterocycles. The molecule has 3 nitrogen and oxygen atoms in total. The Kier molecular flexibility index (Phi) is 6.00. The molecular formula is C14H21N2O+. The number of nitrogens with one attached hydrogen (secondary N) is 1. The number of nitrogens with zero attached hydrogens (tertiary/aromatic N) is 1. The molecule has 0 aliphatic carbocycles. The minimum Gasteiger partial charge on any atom is -0.322 e. The second kappa shape index (κ2) is 7.60. The van der Waals surface area contributed by atoms with Gasteiger partial charge in [0.25, 0.3) is 0 Å². The number of aromatic nitrogens is 1. The molecule has 92 valence electrons. The molecule has 1 amide bonds. The molecule has 1 aromatic heterocycles. The Labute approximate surface area is 103 Å². The van der Waals surface area contributed by atoms with Crippen molar-refractivity contribution in [3.05, 3.63) is 37.2 Å². The predicted molar refractivity (Wildman–Crippen MR) is 69.6 cm³/mol. The maximum Gasteiger partial charge on any atom is 0.247 e. The number of aryl methyl sites for hydroxylation is 1. The molecular weight excluding hydrogens is 212 g/mol. The van der Waals surface area contributed by atoms with Gasteiger partial charge in [-0.25, -0.2) is 4.57 Å². The summed E-state index contributed by atoms with van der Waals surface area (Å²) in [7, 11) is 0. The van der Waals surface area contributed by atoms with Crippen LogP contribution in [0.1, 0.15) is 32.6 Å². The lowest BCUT2D eigenvalue weighted by atomic mass is 10.2. The standard InChI is InChI=1S/C14H20N2O/c1-3-5-6-7-10-16-11-8-13(9-12-16)15-14(17)4-2/h4,8-9,11-12H,2-3,5-7,10H2,1H3/p+1. The van der Waals surface area contributed by atoms with Gasteiger partial charge in [0.1, 0.15) is 6.54 Å². The van der Waals surface area contributed by atoms with E-state index >= 15 is 0 Å². The van der Waals surface area contributed by atoms with Gasteiger partial charge in [0, 0.05) is 18.6 Å². The molecule has 0 fully saturated rings. The second-order valence-electron chi connectivity index (χ2n) is 4.08. The van der Waals surface area contributed by atoms with Gasteiger partial charge in [-0.05, 0) is 12.5 Å². The fourth-order valence-electron chi connectivity index (χ4n) is 1.60. The molecule has 0 aromatic carbocycles. The van der Waals surface area contributed by atoms with Gasteiger partial charge in [-0.15, -0.1) is 0 Å². The van der Waals surface area contributed by atoms with Crippen LogP contribution >= 0.6 is 0 Å². The smallest absolute Gasteiger partial charge is 0.247 e. The second-order valence-corrected chi connectivity index (χ2v) is 4.08. The fourth-order valence-corrected chi connectivity index (χ4v) is 1.60. The number of unbranched alkanes of at least 4 members (excludes halogenated alkanes) is 3. The summed E-state index contributed by atoms with van der Waals surface area (Å²) in [6.07, 6.45) is 10.3. The number of rotatable bonds is 7. The highest BCUT2D eigenvalue weighted by molar-refractivity contribution is 5.98. The van der Waals surface area contributed by atoms with Crippen molar-refractivity contribution in [3.63, 3.8) is 0 Å². The number of pyridine rings is 1. The van der Waals surface area contributed by atoms with Crippen molar-refractivity contribution < 1.29 is 9.36 Å². The molecule has 0 saturated heterocycles. The normalized spacial score (nSPS) is 9.94. The first-order valence-electron chi connectivity index (χ1n) is 6.18. The molecule has 0 atom stereocenters. The molecule has 0 saturated carbocycles. The van der Waals surface area contributed by atoms with Crippen LogP contribution in [0.2, 0.25) is 0 Å². The van der Waals surface area contributed by atoms with Crippen LogP contribution < -0.4 is 9.88 Å². The summed E-state index contributed by atoms with van der Waals surface area (Å²) in [6, 6.07) is 3.81. The van der Waals surface area contributed by atoms with E-state index < -0.39 is 0 Å². The largest absolute Gasteiger partial charge is 0.322 e. The molecule has 0 spiro atoms. The average Bonchev–Trinajstić information content (AvgIpc) is 2.36. The molecule has 0 radical (unpaired) electrons. The van der Waals surface area contributed by atoms with E-state index in [0.717, 1.165) is 12.2 Å². The summed E-state index contributed by atoms with van der Waals surface area (Å²) in [6.45, 7) is 6.66. The minimum atomic E-state index is -0.175. The van der Waals surface area contributed by atoms with E-state index in [1.165, 1.54) is 31.8 Å². The van der Waals surface area contributed by atoms with Gasteiger partial charge in [0.2, 0.25) is 5.91 Å². The molecule has 0 unspecified atom stereocenters. The van der Waals surface area contributed by atoms with Crippen molar-refractivity contribution in [1.29, 1.82) is 0 Å². The van der Waals surface area contributed by atoms with Gasteiger partial charge in [-0.2, -0.15) is 0 Å². The van der Waals surface area contributed by atoms with Crippen molar-refractivity contribution >= 4 is 11.6 Å². The zero-order valence-electron chi connectivity index (χ0n) is 10.5. The molecule has 1 aromatic rings. The van der Waals surface area contributed by atoms with Crippen LogP contribution in [0.15, 0.2) is 37.2 Å². The molecule has 0 bridgehead atoms. The monoisotopic (exact) mass is 233 g/mol. The van der Waals surface area contributed by atoms with Crippen LogP contribution in [-0.2, 0) is 11.3 Å². The Hall–Kier alpha value is -1.64. The van der Waals surface area contributed by atoms with Crippen molar-refractivity contribution in [2.45, 2.75) is 39.2 Å². The lowest BCUT2D eigenvalue weighted by molar-refractivity contribution is -0.697. The third kappa shape index (κ3) is 5.29. The maximum atomic E-state index is 11.1. The average molecular weight is 233 g/mol. The first-order valence-corrected chi connectivity index (χ1v) is 6.18. The SMILES string of the molecule is C=CC(=O)Nc1cc[n+](CCCCCC)cc1. The topological polar surface area (TPSA) is 33.0 Å². The van der Waals surface area contributed by atoms with E-state index in [1.54, 1.807) is 0 Å². The van der Waals surface area contributed by atoms with Crippen LogP contribution in [0.5, 0.6) is 0 Å². The Bertz CT molecular complexity index is 357. The lowest BCUT2D eigenvalue weighted by Crippen LogP contribution is -2.32. The number of carbonyl (C=O) groups is 1. The number of hydrogen-bond acceptors (Lipinski definition) is 1. The highest BCUT2D eigenvalue weighted by Gasteiger charge is 2.02. The van der Waals surface area contributed by atoms with E-state index in [-0.39, 0.29) is 5.91 Å². The van der Waals surface area contributed by atoms with Crippen LogP contribution in [0.25, 0.3) is 0 Å². The van der Waals surface area contributed by atoms with Gasteiger partial charge in [0.15, 0.2) is 12.4 Å². The summed E-state index contributed by atoms with van der Waals surface area (Å²) in [4.78, 5) is 11.1. The highest BCUT2D eigenvalue weighted by atomic mass is 16.1. The molecule has 17 heavy (non-hydrogen) atoms. The van der Waals surface area contributed by atoms with Gasteiger partial charge < -0.3 is 5.32 Å². The quantitative estimate of drug-likeness (QED) is 0.438. The van der Waals surface area contributed by atoms with E-state index in [0.29, 0.717) is 0 Å². The van der Waals surface area contributed by atoms with Crippen LogP contribution in [0.4, 0.5) is 5.69 Å². The maximum absolute atomic E-state index is 11.1. The Morgan fingerprint density at radius 3 is 2.65 bits per heavy atom. The van der Waals surface area contributed by atoms with E-state index in [2.05, 4.69) is 23.4 Å². The zero-order valence-corrected chi connectivity index (χ0v) is 10.5. The van der Waals surface area contributed by atoms with Crippen LogP contribution in [0, 0.1) is 0 Å². The first-order chi connectivity index (χ1) is 8.26. The van der Waals surface area contributed by atoms with Gasteiger partial charge >= 0.3 is 0 Å². The van der Waals surface area contributed by atoms with Crippen molar-refractivity contribution in [3.8, 4) is 0 Å². The number of anilines is 1. The summed E-state index contributed by atoms with van der Waals surface area (Å²) in [5.74, 6) is -0.175. The summed E-state index contributed by atoms with van der Waals surface area (Å²) in [5.41, 5.74) is 0.805. The van der Waals surface area contributed by atoms with E-state index in [1.807, 2.05) is 24.5 Å². The van der Waals surface area contributed by atoms with Gasteiger partial charge in [-0.1, -0.05) is 26.3 Å². The van der Waals surface area contributed by atoms with Crippen LogP contribution in [-0.4, -0.2) is 5.91 Å². The highest BCUT2D eigenvalue weighted by Crippen LogP contribution is 2.03. The van der Waals surface area contributed by atoms with Crippen molar-refractivity contribution in [2.24, 2.45) is 0 Å². The molecule has 1 N–H and O–H groups in total. The zero-order chi connectivity index (χ0) is 12.5. The molecule has 1 heterocycles. The van der Waals surface area contributed by atoms with Crippen molar-refractivity contribution in [2.75, 3.05) is 5.32 Å². The summed E-state index contributed by atoms with van der Waals surface area (Å²) in [5, 5.41) is 2.72. The first kappa shape index (κ1) is 13.4.